The van der Waals surface area contributed by atoms with Gasteiger partial charge in [-0.15, -0.1) is 0 Å². The lowest BCUT2D eigenvalue weighted by atomic mass is 9.88. The van der Waals surface area contributed by atoms with E-state index in [4.69, 9.17) is 0 Å². The summed E-state index contributed by atoms with van der Waals surface area (Å²) in [4.78, 5) is 43.1. The minimum atomic E-state index is -1.90. The van der Waals surface area contributed by atoms with Crippen molar-refractivity contribution in [3.63, 3.8) is 0 Å². The number of carbonyl (C=O) groups excluding carboxylic acids is 2. The van der Waals surface area contributed by atoms with Crippen molar-refractivity contribution in [3.05, 3.63) is 66.0 Å². The summed E-state index contributed by atoms with van der Waals surface area (Å²) in [5.74, 6) is 3.41. The lowest BCUT2D eigenvalue weighted by Gasteiger charge is -2.44. The van der Waals surface area contributed by atoms with E-state index in [1.54, 1.807) is 12.4 Å². The Morgan fingerprint density at radius 1 is 1.22 bits per heavy atom. The molecule has 2 aromatic rings. The number of likely N-dealkylation sites (tertiary alicyclic amines) is 1. The average Bonchev–Trinajstić information content (AvgIpc) is 2.79. The summed E-state index contributed by atoms with van der Waals surface area (Å²) in [6.07, 6.45) is 5.86. The second kappa shape index (κ2) is 10.6. The first-order valence-corrected chi connectivity index (χ1v) is 10.7. The number of nitrogens with zero attached hydrogens (tertiary/aromatic N) is 2. The van der Waals surface area contributed by atoms with Gasteiger partial charge in [0.15, 0.2) is 0 Å². The fraction of sp³-hybridized carbons (Fsp3) is 0.360. The maximum Gasteiger partial charge on any atom is 0.351 e. The van der Waals surface area contributed by atoms with Crippen LogP contribution < -0.4 is 5.32 Å². The molecule has 1 aromatic carbocycles. The topological polar surface area (TPSA) is 99.6 Å². The lowest BCUT2D eigenvalue weighted by molar-refractivity contribution is -0.168. The van der Waals surface area contributed by atoms with Crippen molar-refractivity contribution in [1.29, 1.82) is 0 Å². The van der Waals surface area contributed by atoms with Crippen molar-refractivity contribution < 1.29 is 19.5 Å². The van der Waals surface area contributed by atoms with Gasteiger partial charge in [-0.1, -0.05) is 30.0 Å². The molecule has 2 heterocycles. The molecule has 1 fully saturated rings. The van der Waals surface area contributed by atoms with Gasteiger partial charge in [0.05, 0.1) is 6.42 Å². The van der Waals surface area contributed by atoms with Gasteiger partial charge in [0.2, 0.25) is 17.5 Å². The SMILES string of the molecule is CC(=O)NC(CC#Cc1ccccc1)(C(=O)O)N1CCCC(CCc2ccncc2)C1=O. The highest BCUT2D eigenvalue weighted by atomic mass is 16.4. The van der Waals surface area contributed by atoms with E-state index in [9.17, 15) is 19.5 Å². The Hall–Kier alpha value is -3.66. The van der Waals surface area contributed by atoms with Gasteiger partial charge < -0.3 is 15.3 Å². The predicted octanol–water partition coefficient (Wildman–Crippen LogP) is 2.61. The van der Waals surface area contributed by atoms with Crippen molar-refractivity contribution in [2.75, 3.05) is 6.54 Å². The van der Waals surface area contributed by atoms with Gasteiger partial charge in [0.25, 0.3) is 0 Å². The Kier molecular flexibility index (Phi) is 7.61. The third-order valence-electron chi connectivity index (χ3n) is 5.63. The lowest BCUT2D eigenvalue weighted by Crippen LogP contribution is -2.68. The van der Waals surface area contributed by atoms with Gasteiger partial charge in [-0.2, -0.15) is 0 Å². The van der Waals surface area contributed by atoms with Crippen molar-refractivity contribution in [2.24, 2.45) is 5.92 Å². The molecule has 0 bridgehead atoms. The number of carboxylic acid groups (broad SMARTS) is 1. The third-order valence-corrected chi connectivity index (χ3v) is 5.63. The zero-order valence-corrected chi connectivity index (χ0v) is 18.1. The van der Waals surface area contributed by atoms with E-state index in [2.05, 4.69) is 22.1 Å². The second-order valence-corrected chi connectivity index (χ2v) is 7.91. The Balaban J connectivity index is 1.83. The van der Waals surface area contributed by atoms with Crippen LogP contribution >= 0.6 is 0 Å². The van der Waals surface area contributed by atoms with Crippen molar-refractivity contribution >= 4 is 17.8 Å². The van der Waals surface area contributed by atoms with Crippen LogP contribution in [-0.4, -0.2) is 45.0 Å². The molecule has 0 saturated carbocycles. The molecule has 3 rings (SSSR count). The minimum absolute atomic E-state index is 0.209. The second-order valence-electron chi connectivity index (χ2n) is 7.91. The molecule has 166 valence electrons. The Bertz CT molecular complexity index is 1010. The summed E-state index contributed by atoms with van der Waals surface area (Å²) in [5, 5.41) is 12.7. The monoisotopic (exact) mass is 433 g/mol. The molecule has 0 spiro atoms. The molecular weight excluding hydrogens is 406 g/mol. The van der Waals surface area contributed by atoms with Crippen LogP contribution in [0.5, 0.6) is 0 Å². The number of pyridine rings is 1. The van der Waals surface area contributed by atoms with Crippen LogP contribution in [0.25, 0.3) is 0 Å². The van der Waals surface area contributed by atoms with Crippen LogP contribution in [0.3, 0.4) is 0 Å². The summed E-state index contributed by atoms with van der Waals surface area (Å²) in [6.45, 7) is 1.50. The van der Waals surface area contributed by atoms with Gasteiger partial charge in [0, 0.05) is 37.3 Å². The number of piperidine rings is 1. The van der Waals surface area contributed by atoms with E-state index in [0.29, 0.717) is 25.7 Å². The Morgan fingerprint density at radius 3 is 2.59 bits per heavy atom. The largest absolute Gasteiger partial charge is 0.478 e. The number of benzene rings is 1. The smallest absolute Gasteiger partial charge is 0.351 e. The highest BCUT2D eigenvalue weighted by Crippen LogP contribution is 2.29. The maximum absolute atomic E-state index is 13.4. The molecule has 1 saturated heterocycles. The third kappa shape index (κ3) is 5.52. The molecule has 0 aliphatic carbocycles. The summed E-state index contributed by atoms with van der Waals surface area (Å²) in [6, 6.07) is 13.0. The van der Waals surface area contributed by atoms with Crippen molar-refractivity contribution in [2.45, 2.75) is 44.7 Å². The molecule has 1 aliphatic heterocycles. The molecule has 2 unspecified atom stereocenters. The number of aryl methyl sites for hydroxylation is 1. The van der Waals surface area contributed by atoms with E-state index in [1.807, 2.05) is 42.5 Å². The number of amides is 2. The summed E-state index contributed by atoms with van der Waals surface area (Å²) in [7, 11) is 0. The fourth-order valence-electron chi connectivity index (χ4n) is 4.03. The predicted molar refractivity (Wildman–Crippen MR) is 119 cm³/mol. The number of rotatable bonds is 7. The van der Waals surface area contributed by atoms with E-state index >= 15 is 0 Å². The van der Waals surface area contributed by atoms with Crippen molar-refractivity contribution in [1.82, 2.24) is 15.2 Å². The summed E-state index contributed by atoms with van der Waals surface area (Å²) >= 11 is 0. The normalized spacial score (nSPS) is 17.6. The van der Waals surface area contributed by atoms with Gasteiger partial charge in [-0.25, -0.2) is 4.79 Å². The highest BCUT2D eigenvalue weighted by Gasteiger charge is 2.49. The van der Waals surface area contributed by atoms with Gasteiger partial charge in [-0.3, -0.25) is 14.6 Å². The van der Waals surface area contributed by atoms with Crippen LogP contribution in [0.4, 0.5) is 0 Å². The first kappa shape index (κ1) is 23.0. The number of carboxylic acids is 1. The molecule has 2 amide bonds. The van der Waals surface area contributed by atoms with Gasteiger partial charge >= 0.3 is 5.97 Å². The number of hydrogen-bond acceptors (Lipinski definition) is 4. The number of carbonyl (C=O) groups is 3. The first-order valence-electron chi connectivity index (χ1n) is 10.7. The standard InChI is InChI=1S/C25H27N3O4/c1-19(29)27-25(24(31)32,15-5-9-20-7-3-2-4-8-20)28-18-6-10-22(23(28)30)12-11-21-13-16-26-17-14-21/h2-4,7-8,13-14,16-17,22H,6,10-12,15,18H2,1H3,(H,27,29)(H,31,32). The van der Waals surface area contributed by atoms with Crippen molar-refractivity contribution in [3.8, 4) is 11.8 Å². The molecule has 32 heavy (non-hydrogen) atoms. The van der Waals surface area contributed by atoms with Gasteiger partial charge in [-0.05, 0) is 55.5 Å². The van der Waals surface area contributed by atoms with Crippen LogP contribution in [0.15, 0.2) is 54.9 Å². The molecule has 2 N–H and O–H groups in total. The molecule has 1 aliphatic rings. The number of hydrogen-bond donors (Lipinski definition) is 2. The number of aliphatic carboxylic acids is 1. The molecule has 7 nitrogen and oxygen atoms in total. The maximum atomic E-state index is 13.4. The molecule has 0 radical (unpaired) electrons. The number of nitrogens with one attached hydrogen (secondary N) is 1. The zero-order valence-electron chi connectivity index (χ0n) is 18.1. The van der Waals surface area contributed by atoms with E-state index in [-0.39, 0.29) is 24.8 Å². The average molecular weight is 434 g/mol. The summed E-state index contributed by atoms with van der Waals surface area (Å²) in [5.41, 5.74) is -0.0974. The fourth-order valence-corrected chi connectivity index (χ4v) is 4.03. The van der Waals surface area contributed by atoms with Crippen LogP contribution in [0.2, 0.25) is 0 Å². The van der Waals surface area contributed by atoms with Crippen LogP contribution in [0.1, 0.15) is 43.7 Å². The van der Waals surface area contributed by atoms with E-state index in [1.165, 1.54) is 11.8 Å². The Labute approximate surface area is 187 Å². The highest BCUT2D eigenvalue weighted by molar-refractivity contribution is 5.92. The minimum Gasteiger partial charge on any atom is -0.478 e. The Morgan fingerprint density at radius 2 is 1.94 bits per heavy atom. The van der Waals surface area contributed by atoms with E-state index < -0.39 is 17.5 Å². The van der Waals surface area contributed by atoms with Crippen LogP contribution in [0, 0.1) is 17.8 Å². The number of aromatic nitrogens is 1. The molecule has 7 heteroatoms. The van der Waals surface area contributed by atoms with Crippen LogP contribution in [-0.2, 0) is 20.8 Å². The van der Waals surface area contributed by atoms with E-state index in [0.717, 1.165) is 11.1 Å². The first-order chi connectivity index (χ1) is 15.4. The zero-order chi connectivity index (χ0) is 23.0. The van der Waals surface area contributed by atoms with Gasteiger partial charge in [0.1, 0.15) is 0 Å². The quantitative estimate of drug-likeness (QED) is 0.654. The molecule has 2 atom stereocenters. The summed E-state index contributed by atoms with van der Waals surface area (Å²) < 4.78 is 0. The molecule has 1 aromatic heterocycles. The molecular formula is C25H27N3O4.